The Kier molecular flexibility index (Phi) is 3.30. The summed E-state index contributed by atoms with van der Waals surface area (Å²) in [6, 6.07) is 8.47. The molecule has 1 aromatic carbocycles. The van der Waals surface area contributed by atoms with Gasteiger partial charge in [0.15, 0.2) is 0 Å². The molecule has 2 aromatic rings. The molecule has 1 aliphatic rings. The van der Waals surface area contributed by atoms with Crippen LogP contribution in [-0.2, 0) is 6.42 Å². The lowest BCUT2D eigenvalue weighted by atomic mass is 10.1. The van der Waals surface area contributed by atoms with Crippen molar-refractivity contribution in [3.63, 3.8) is 0 Å². The molecule has 4 heteroatoms. The molecule has 2 heterocycles. The van der Waals surface area contributed by atoms with Crippen molar-refractivity contribution in [2.75, 3.05) is 0 Å². The van der Waals surface area contributed by atoms with E-state index in [-0.39, 0.29) is 30.0 Å². The molecule has 0 saturated carbocycles. The van der Waals surface area contributed by atoms with E-state index in [1.54, 1.807) is 0 Å². The topological polar surface area (TPSA) is 43.8 Å². The van der Waals surface area contributed by atoms with Crippen molar-refractivity contribution >= 4 is 24.0 Å². The van der Waals surface area contributed by atoms with Gasteiger partial charge < -0.3 is 10.3 Å². The largest absolute Gasteiger partial charge is 0.321 e. The van der Waals surface area contributed by atoms with E-state index in [2.05, 4.69) is 33.8 Å². The van der Waals surface area contributed by atoms with Crippen molar-refractivity contribution < 1.29 is 0 Å². The van der Waals surface area contributed by atoms with Gasteiger partial charge in [-0.15, -0.1) is 24.0 Å². The summed E-state index contributed by atoms with van der Waals surface area (Å²) in [4.78, 5) is 4.33. The molecule has 3 rings (SSSR count). The minimum absolute atomic E-state index is 0. The molecule has 0 spiro atoms. The molecule has 0 radical (unpaired) electrons. The zero-order chi connectivity index (χ0) is 10.3. The molecule has 0 unspecified atom stereocenters. The Labute approximate surface area is 112 Å². The fourth-order valence-corrected chi connectivity index (χ4v) is 2.19. The summed E-state index contributed by atoms with van der Waals surface area (Å²) in [5.74, 6) is 0.972. The van der Waals surface area contributed by atoms with Crippen molar-refractivity contribution in [1.82, 2.24) is 9.55 Å². The summed E-state index contributed by atoms with van der Waals surface area (Å²) in [7, 11) is 0. The fraction of sp³-hybridized carbons (Fsp3) is 0.250. The van der Waals surface area contributed by atoms with Crippen molar-refractivity contribution in [2.24, 2.45) is 5.73 Å². The maximum absolute atomic E-state index is 6.09. The molecule has 0 amide bonds. The van der Waals surface area contributed by atoms with E-state index in [9.17, 15) is 0 Å². The molecule has 84 valence electrons. The number of rotatable bonds is 0. The highest BCUT2D eigenvalue weighted by molar-refractivity contribution is 14.0. The van der Waals surface area contributed by atoms with Crippen molar-refractivity contribution in [1.29, 1.82) is 0 Å². The van der Waals surface area contributed by atoms with Crippen LogP contribution in [-0.4, -0.2) is 9.55 Å². The third kappa shape index (κ3) is 1.76. The van der Waals surface area contributed by atoms with E-state index in [0.717, 1.165) is 18.7 Å². The Balaban J connectivity index is 0.000000963. The average Bonchev–Trinajstić information content (AvgIpc) is 2.71. The number of benzene rings is 1. The summed E-state index contributed by atoms with van der Waals surface area (Å²) in [5.41, 5.74) is 8.66. The molecule has 0 fully saturated rings. The molecule has 0 aliphatic carbocycles. The number of hydrogen-bond donors (Lipinski definition) is 1. The highest BCUT2D eigenvalue weighted by atomic mass is 127. The number of imidazole rings is 1. The lowest BCUT2D eigenvalue weighted by Crippen LogP contribution is -2.13. The Morgan fingerprint density at radius 1 is 1.31 bits per heavy atom. The van der Waals surface area contributed by atoms with Crippen LogP contribution in [0.3, 0.4) is 0 Å². The third-order valence-electron chi connectivity index (χ3n) is 2.98. The molecule has 16 heavy (non-hydrogen) atoms. The van der Waals surface area contributed by atoms with Crippen LogP contribution in [0.5, 0.6) is 0 Å². The van der Waals surface area contributed by atoms with Crippen LogP contribution in [0.25, 0.3) is 5.69 Å². The molecule has 1 aliphatic heterocycles. The van der Waals surface area contributed by atoms with Crippen molar-refractivity contribution in [2.45, 2.75) is 18.9 Å². The zero-order valence-electron chi connectivity index (χ0n) is 8.84. The Bertz CT molecular complexity index is 493. The Morgan fingerprint density at radius 3 is 3.00 bits per heavy atom. The summed E-state index contributed by atoms with van der Waals surface area (Å²) in [6.45, 7) is 0. The zero-order valence-corrected chi connectivity index (χ0v) is 11.2. The van der Waals surface area contributed by atoms with E-state index in [1.807, 2.05) is 12.4 Å². The second kappa shape index (κ2) is 4.55. The monoisotopic (exact) mass is 327 g/mol. The fourth-order valence-electron chi connectivity index (χ4n) is 2.19. The number of aryl methyl sites for hydroxylation is 1. The molecular formula is C12H14IN3. The van der Waals surface area contributed by atoms with Gasteiger partial charge in [-0.2, -0.15) is 0 Å². The maximum Gasteiger partial charge on any atom is 0.130 e. The first-order valence-electron chi connectivity index (χ1n) is 5.23. The molecule has 2 N–H and O–H groups in total. The van der Waals surface area contributed by atoms with E-state index >= 15 is 0 Å². The van der Waals surface area contributed by atoms with E-state index in [0.29, 0.717) is 0 Å². The standard InChI is InChI=1S/C12H13N3.HI/c13-10-6-5-9-3-1-2-4-11(9)15-8-7-14-12(10)15;/h1-4,7-8,10H,5-6,13H2;1H/t10-;/m1./s1. The summed E-state index contributed by atoms with van der Waals surface area (Å²) in [5, 5.41) is 0. The molecule has 1 atom stereocenters. The van der Waals surface area contributed by atoms with Gasteiger partial charge in [-0.1, -0.05) is 18.2 Å². The van der Waals surface area contributed by atoms with Crippen LogP contribution in [0.4, 0.5) is 0 Å². The van der Waals surface area contributed by atoms with E-state index < -0.39 is 0 Å². The molecular weight excluding hydrogens is 313 g/mol. The molecule has 3 nitrogen and oxygen atoms in total. The minimum atomic E-state index is 0. The predicted octanol–water partition coefficient (Wildman–Crippen LogP) is 2.44. The van der Waals surface area contributed by atoms with Gasteiger partial charge in [-0.3, -0.25) is 0 Å². The van der Waals surface area contributed by atoms with Gasteiger partial charge in [0.05, 0.1) is 6.04 Å². The smallest absolute Gasteiger partial charge is 0.130 e. The minimum Gasteiger partial charge on any atom is -0.321 e. The van der Waals surface area contributed by atoms with Crippen LogP contribution < -0.4 is 5.73 Å². The number of aromatic nitrogens is 2. The normalized spacial score (nSPS) is 17.9. The van der Waals surface area contributed by atoms with E-state index in [1.165, 1.54) is 11.3 Å². The lowest BCUT2D eigenvalue weighted by molar-refractivity contribution is 0.621. The molecule has 1 aromatic heterocycles. The number of hydrogen-bond acceptors (Lipinski definition) is 2. The first-order valence-corrected chi connectivity index (χ1v) is 5.23. The third-order valence-corrected chi connectivity index (χ3v) is 2.98. The van der Waals surface area contributed by atoms with Crippen LogP contribution in [0.1, 0.15) is 23.9 Å². The van der Waals surface area contributed by atoms with E-state index in [4.69, 9.17) is 5.73 Å². The lowest BCUT2D eigenvalue weighted by Gasteiger charge is -2.09. The number of halogens is 1. The van der Waals surface area contributed by atoms with Crippen molar-refractivity contribution in [3.05, 3.63) is 48.0 Å². The van der Waals surface area contributed by atoms with Gasteiger partial charge in [0.2, 0.25) is 0 Å². The summed E-state index contributed by atoms with van der Waals surface area (Å²) < 4.78 is 2.10. The summed E-state index contributed by atoms with van der Waals surface area (Å²) >= 11 is 0. The highest BCUT2D eigenvalue weighted by Crippen LogP contribution is 2.26. The SMILES string of the molecule is I.N[C@@H]1CCc2ccccc2-n2ccnc21. The van der Waals surface area contributed by atoms with Crippen LogP contribution in [0.2, 0.25) is 0 Å². The van der Waals surface area contributed by atoms with Gasteiger partial charge in [0.1, 0.15) is 5.82 Å². The van der Waals surface area contributed by atoms with Gasteiger partial charge in [-0.05, 0) is 24.5 Å². The van der Waals surface area contributed by atoms with Gasteiger partial charge in [0, 0.05) is 18.1 Å². The Hall–Kier alpha value is -0.880. The second-order valence-electron chi connectivity index (χ2n) is 3.93. The Morgan fingerprint density at radius 2 is 2.12 bits per heavy atom. The maximum atomic E-state index is 6.09. The second-order valence-corrected chi connectivity index (χ2v) is 3.93. The number of nitrogens with two attached hydrogens (primary N) is 1. The van der Waals surface area contributed by atoms with Crippen molar-refractivity contribution in [3.8, 4) is 5.69 Å². The van der Waals surface area contributed by atoms with Crippen LogP contribution >= 0.6 is 24.0 Å². The highest BCUT2D eigenvalue weighted by Gasteiger charge is 2.19. The number of nitrogens with zero attached hydrogens (tertiary/aromatic N) is 2. The first kappa shape index (κ1) is 11.6. The van der Waals surface area contributed by atoms with Gasteiger partial charge >= 0.3 is 0 Å². The van der Waals surface area contributed by atoms with Crippen LogP contribution in [0.15, 0.2) is 36.7 Å². The molecule has 0 saturated heterocycles. The first-order chi connectivity index (χ1) is 7.36. The van der Waals surface area contributed by atoms with Gasteiger partial charge in [0.25, 0.3) is 0 Å². The molecule has 0 bridgehead atoms. The number of fused-ring (bicyclic) bond motifs is 3. The predicted molar refractivity (Wildman–Crippen MR) is 74.2 cm³/mol. The number of para-hydroxylation sites is 1. The van der Waals surface area contributed by atoms with Crippen LogP contribution in [0, 0.1) is 0 Å². The van der Waals surface area contributed by atoms with Gasteiger partial charge in [-0.25, -0.2) is 4.98 Å². The average molecular weight is 327 g/mol. The summed E-state index contributed by atoms with van der Waals surface area (Å²) in [6.07, 6.45) is 5.80. The quantitative estimate of drug-likeness (QED) is 0.756.